The zero-order valence-corrected chi connectivity index (χ0v) is 12.7. The summed E-state index contributed by atoms with van der Waals surface area (Å²) in [4.78, 5) is 12.2. The van der Waals surface area contributed by atoms with Crippen LogP contribution in [-0.4, -0.2) is 26.1 Å². The van der Waals surface area contributed by atoms with Crippen LogP contribution < -0.4 is 0 Å². The van der Waals surface area contributed by atoms with E-state index in [1.807, 2.05) is 19.9 Å². The van der Waals surface area contributed by atoms with E-state index in [4.69, 9.17) is 9.26 Å². The van der Waals surface area contributed by atoms with Gasteiger partial charge in [0.25, 0.3) is 0 Å². The number of carbonyl (C=O) groups is 1. The highest BCUT2D eigenvalue weighted by molar-refractivity contribution is 5.93. The van der Waals surface area contributed by atoms with Crippen molar-refractivity contribution in [3.05, 3.63) is 40.8 Å². The number of nitrogens with zero attached hydrogens (tertiary/aromatic N) is 4. The van der Waals surface area contributed by atoms with Gasteiger partial charge in [-0.3, -0.25) is 0 Å². The van der Waals surface area contributed by atoms with E-state index in [-0.39, 0.29) is 6.61 Å². The van der Waals surface area contributed by atoms with Gasteiger partial charge in [0.15, 0.2) is 0 Å². The van der Waals surface area contributed by atoms with Gasteiger partial charge in [-0.2, -0.15) is 0 Å². The lowest BCUT2D eigenvalue weighted by Gasteiger charge is -2.04. The van der Waals surface area contributed by atoms with E-state index < -0.39 is 5.97 Å². The lowest BCUT2D eigenvalue weighted by atomic mass is 10.2. The first-order valence-electron chi connectivity index (χ1n) is 7.02. The molecule has 7 heteroatoms. The molecule has 0 amide bonds. The Morgan fingerprint density at radius 3 is 2.86 bits per heavy atom. The molecule has 114 valence electrons. The number of hydrogen-bond acceptors (Lipinski definition) is 6. The molecule has 0 atom stereocenters. The van der Waals surface area contributed by atoms with Crippen LogP contribution in [0.2, 0.25) is 0 Å². The fourth-order valence-corrected chi connectivity index (χ4v) is 2.26. The monoisotopic (exact) mass is 300 g/mol. The molecule has 0 aliphatic rings. The number of ether oxygens (including phenoxy) is 1. The number of hydrogen-bond donors (Lipinski definition) is 0. The Labute approximate surface area is 126 Å². The Balaban J connectivity index is 1.77. The molecule has 1 aromatic carbocycles. The summed E-state index contributed by atoms with van der Waals surface area (Å²) in [6.45, 7) is 6.46. The predicted octanol–water partition coefficient (Wildman–Crippen LogP) is 2.41. The number of esters is 1. The van der Waals surface area contributed by atoms with E-state index in [1.165, 1.54) is 0 Å². The van der Waals surface area contributed by atoms with E-state index in [0.29, 0.717) is 16.8 Å². The van der Waals surface area contributed by atoms with Crippen molar-refractivity contribution < 1.29 is 14.1 Å². The predicted molar refractivity (Wildman–Crippen MR) is 78.3 cm³/mol. The number of aromatic nitrogens is 4. The number of fused-ring (bicyclic) bond motifs is 1. The summed E-state index contributed by atoms with van der Waals surface area (Å²) in [5.41, 5.74) is 3.54. The van der Waals surface area contributed by atoms with Gasteiger partial charge >= 0.3 is 5.97 Å². The summed E-state index contributed by atoms with van der Waals surface area (Å²) >= 11 is 0. The number of carbonyl (C=O) groups excluding carboxylic acids is 1. The minimum atomic E-state index is -0.409. The van der Waals surface area contributed by atoms with Gasteiger partial charge in [-0.25, -0.2) is 9.48 Å². The molecule has 0 N–H and O–H groups in total. The van der Waals surface area contributed by atoms with Crippen LogP contribution in [0, 0.1) is 13.8 Å². The van der Waals surface area contributed by atoms with Gasteiger partial charge in [-0.1, -0.05) is 10.4 Å². The summed E-state index contributed by atoms with van der Waals surface area (Å²) in [6, 6.07) is 5.23. The summed E-state index contributed by atoms with van der Waals surface area (Å²) in [5, 5.41) is 11.9. The minimum Gasteiger partial charge on any atom is -0.457 e. The molecule has 0 radical (unpaired) electrons. The molecular formula is C15H16N4O3. The van der Waals surface area contributed by atoms with Gasteiger partial charge in [0.05, 0.1) is 22.3 Å². The second-order valence-electron chi connectivity index (χ2n) is 4.99. The van der Waals surface area contributed by atoms with Crippen molar-refractivity contribution in [2.24, 2.45) is 0 Å². The van der Waals surface area contributed by atoms with Crippen molar-refractivity contribution in [1.29, 1.82) is 0 Å². The molecule has 3 rings (SSSR count). The Bertz CT molecular complexity index is 815. The van der Waals surface area contributed by atoms with Crippen LogP contribution in [0.3, 0.4) is 0 Å². The molecule has 0 aliphatic carbocycles. The average Bonchev–Trinajstić information content (AvgIpc) is 3.08. The molecule has 22 heavy (non-hydrogen) atoms. The molecule has 0 saturated heterocycles. The van der Waals surface area contributed by atoms with Gasteiger partial charge in [0, 0.05) is 6.54 Å². The van der Waals surface area contributed by atoms with Crippen molar-refractivity contribution in [2.75, 3.05) is 0 Å². The van der Waals surface area contributed by atoms with Crippen LogP contribution in [0.1, 0.15) is 34.3 Å². The molecular weight excluding hydrogens is 284 g/mol. The van der Waals surface area contributed by atoms with Gasteiger partial charge in [-0.15, -0.1) is 5.10 Å². The fraction of sp³-hybridized carbons (Fsp3) is 0.333. The second-order valence-corrected chi connectivity index (χ2v) is 4.99. The topological polar surface area (TPSA) is 83.0 Å². The molecule has 0 spiro atoms. The Morgan fingerprint density at radius 1 is 1.36 bits per heavy atom. The maximum absolute atomic E-state index is 12.2. The zero-order chi connectivity index (χ0) is 15.7. The van der Waals surface area contributed by atoms with Crippen LogP contribution in [0.5, 0.6) is 0 Å². The van der Waals surface area contributed by atoms with E-state index >= 15 is 0 Å². The van der Waals surface area contributed by atoms with Gasteiger partial charge in [0.1, 0.15) is 17.9 Å². The molecule has 0 saturated carbocycles. The van der Waals surface area contributed by atoms with Crippen LogP contribution >= 0.6 is 0 Å². The van der Waals surface area contributed by atoms with Gasteiger partial charge in [-0.05, 0) is 39.0 Å². The molecule has 2 heterocycles. The van der Waals surface area contributed by atoms with E-state index in [2.05, 4.69) is 15.5 Å². The molecule has 2 aromatic heterocycles. The largest absolute Gasteiger partial charge is 0.457 e. The molecule has 3 aromatic rings. The third kappa shape index (κ3) is 2.45. The maximum atomic E-state index is 12.2. The van der Waals surface area contributed by atoms with Crippen molar-refractivity contribution in [3.63, 3.8) is 0 Å². The van der Waals surface area contributed by atoms with Crippen molar-refractivity contribution in [1.82, 2.24) is 20.2 Å². The summed E-state index contributed by atoms with van der Waals surface area (Å²) in [6.07, 6.45) is 0. The third-order valence-corrected chi connectivity index (χ3v) is 3.58. The quantitative estimate of drug-likeness (QED) is 0.688. The van der Waals surface area contributed by atoms with Crippen LogP contribution in [-0.2, 0) is 17.9 Å². The fourth-order valence-electron chi connectivity index (χ4n) is 2.26. The van der Waals surface area contributed by atoms with Crippen LogP contribution in [0.4, 0.5) is 0 Å². The highest BCUT2D eigenvalue weighted by atomic mass is 16.5. The first-order valence-corrected chi connectivity index (χ1v) is 7.02. The number of benzene rings is 1. The smallest absolute Gasteiger partial charge is 0.338 e. The standard InChI is InChI=1S/C15H16N4O3/c1-4-19-14-6-5-11(7-13(14)16-18-19)15(20)21-8-12-9(2)17-22-10(12)3/h5-7H,4,8H2,1-3H3. The van der Waals surface area contributed by atoms with Gasteiger partial charge < -0.3 is 9.26 Å². The van der Waals surface area contributed by atoms with E-state index in [0.717, 1.165) is 23.3 Å². The highest BCUT2D eigenvalue weighted by Gasteiger charge is 2.14. The molecule has 0 fully saturated rings. The maximum Gasteiger partial charge on any atom is 0.338 e. The normalized spacial score (nSPS) is 11.0. The van der Waals surface area contributed by atoms with Crippen molar-refractivity contribution >= 4 is 17.0 Å². The lowest BCUT2D eigenvalue weighted by Crippen LogP contribution is -2.06. The summed E-state index contributed by atoms with van der Waals surface area (Å²) in [5.74, 6) is 0.250. The number of aryl methyl sites for hydroxylation is 3. The first kappa shape index (κ1) is 14.2. The van der Waals surface area contributed by atoms with E-state index in [9.17, 15) is 4.79 Å². The summed E-state index contributed by atoms with van der Waals surface area (Å²) < 4.78 is 12.1. The van der Waals surface area contributed by atoms with Crippen molar-refractivity contribution in [3.8, 4) is 0 Å². The van der Waals surface area contributed by atoms with Crippen LogP contribution in [0.15, 0.2) is 22.7 Å². The molecule has 0 unspecified atom stereocenters. The average molecular weight is 300 g/mol. The van der Waals surface area contributed by atoms with Gasteiger partial charge in [0.2, 0.25) is 0 Å². The van der Waals surface area contributed by atoms with Crippen LogP contribution in [0.25, 0.3) is 11.0 Å². The molecule has 0 bridgehead atoms. The molecule has 0 aliphatic heterocycles. The Kier molecular flexibility index (Phi) is 3.62. The molecule has 7 nitrogen and oxygen atoms in total. The van der Waals surface area contributed by atoms with E-state index in [1.54, 1.807) is 23.7 Å². The highest BCUT2D eigenvalue weighted by Crippen LogP contribution is 2.17. The van der Waals surface area contributed by atoms with Crippen molar-refractivity contribution in [2.45, 2.75) is 33.9 Å². The third-order valence-electron chi connectivity index (χ3n) is 3.58. The SMILES string of the molecule is CCn1nnc2cc(C(=O)OCc3c(C)noc3C)ccc21. The Morgan fingerprint density at radius 2 is 2.18 bits per heavy atom. The first-order chi connectivity index (χ1) is 10.6. The second kappa shape index (κ2) is 5.59. The minimum absolute atomic E-state index is 0.139. The summed E-state index contributed by atoms with van der Waals surface area (Å²) in [7, 11) is 0. The number of rotatable bonds is 4. The Hall–Kier alpha value is -2.70. The zero-order valence-electron chi connectivity index (χ0n) is 12.7. The lowest BCUT2D eigenvalue weighted by molar-refractivity contribution is 0.0471.